The van der Waals surface area contributed by atoms with E-state index in [2.05, 4.69) is 73.3 Å². The Balaban J connectivity index is 2.07. The highest BCUT2D eigenvalue weighted by atomic mass is 15.1. The Morgan fingerprint density at radius 2 is 1.19 bits per heavy atom. The van der Waals surface area contributed by atoms with Gasteiger partial charge in [0.2, 0.25) is 0 Å². The van der Waals surface area contributed by atoms with Crippen LogP contribution in [0, 0.1) is 0 Å². The molecule has 2 aromatic carbocycles. The van der Waals surface area contributed by atoms with Gasteiger partial charge in [0.25, 0.3) is 0 Å². The molecule has 0 spiro atoms. The number of para-hydroxylation sites is 2. The fourth-order valence-corrected chi connectivity index (χ4v) is 3.77. The Kier molecular flexibility index (Phi) is 10.7. The first-order chi connectivity index (χ1) is 13.4. The van der Waals surface area contributed by atoms with E-state index in [0.717, 1.165) is 6.54 Å². The molecule has 0 aromatic heterocycles. The maximum Gasteiger partial charge on any atom is 0.0443 e. The SMILES string of the molecule is CCCCCCCc1ccccc1N(CCCCCCC)c1ccccc1. The molecule has 0 aliphatic rings. The van der Waals surface area contributed by atoms with Crippen molar-refractivity contribution in [2.75, 3.05) is 11.4 Å². The van der Waals surface area contributed by atoms with Crippen LogP contribution < -0.4 is 4.90 Å². The number of anilines is 2. The third-order valence-corrected chi connectivity index (χ3v) is 5.39. The molecule has 0 aliphatic carbocycles. The molecule has 0 radical (unpaired) electrons. The van der Waals surface area contributed by atoms with Crippen LogP contribution in [0.15, 0.2) is 54.6 Å². The molecule has 0 N–H and O–H groups in total. The van der Waals surface area contributed by atoms with Gasteiger partial charge in [0.1, 0.15) is 0 Å². The second-order valence-corrected chi connectivity index (χ2v) is 7.69. The second-order valence-electron chi connectivity index (χ2n) is 7.69. The minimum atomic E-state index is 1.11. The summed E-state index contributed by atoms with van der Waals surface area (Å²) < 4.78 is 0. The van der Waals surface area contributed by atoms with Gasteiger partial charge in [-0.25, -0.2) is 0 Å². The van der Waals surface area contributed by atoms with Gasteiger partial charge in [-0.05, 0) is 43.0 Å². The van der Waals surface area contributed by atoms with E-state index >= 15 is 0 Å². The van der Waals surface area contributed by atoms with Crippen LogP contribution in [0.3, 0.4) is 0 Å². The Morgan fingerprint density at radius 3 is 1.89 bits per heavy atom. The molecular weight excluding hydrogens is 326 g/mol. The zero-order valence-corrected chi connectivity index (χ0v) is 17.6. The van der Waals surface area contributed by atoms with Crippen LogP contribution in [-0.4, -0.2) is 6.54 Å². The molecule has 0 unspecified atom stereocenters. The summed E-state index contributed by atoms with van der Waals surface area (Å²) in [6.45, 7) is 5.68. The molecule has 0 fully saturated rings. The lowest BCUT2D eigenvalue weighted by Gasteiger charge is -2.27. The van der Waals surface area contributed by atoms with Crippen molar-refractivity contribution in [2.24, 2.45) is 0 Å². The standard InChI is InChI=1S/C26H39N/c1-3-5-7-9-12-18-24-19-15-16-22-26(24)27(23-17-10-8-6-4-2)25-20-13-11-14-21-25/h11,13-16,19-22H,3-10,12,17-18,23H2,1-2H3. The van der Waals surface area contributed by atoms with Gasteiger partial charge in [0.05, 0.1) is 0 Å². The van der Waals surface area contributed by atoms with Crippen LogP contribution in [0.4, 0.5) is 11.4 Å². The summed E-state index contributed by atoms with van der Waals surface area (Å²) in [7, 11) is 0. The molecule has 0 atom stereocenters. The van der Waals surface area contributed by atoms with E-state index in [-0.39, 0.29) is 0 Å². The molecule has 148 valence electrons. The molecule has 0 bridgehead atoms. The van der Waals surface area contributed by atoms with Gasteiger partial charge >= 0.3 is 0 Å². The summed E-state index contributed by atoms with van der Waals surface area (Å²) in [5.41, 5.74) is 4.24. The average molecular weight is 366 g/mol. The molecule has 0 saturated heterocycles. The summed E-state index contributed by atoms with van der Waals surface area (Å²) in [5.74, 6) is 0. The van der Waals surface area contributed by atoms with Crippen molar-refractivity contribution in [2.45, 2.75) is 84.5 Å². The number of aryl methyl sites for hydroxylation is 1. The number of unbranched alkanes of at least 4 members (excludes halogenated alkanes) is 8. The van der Waals surface area contributed by atoms with E-state index in [4.69, 9.17) is 0 Å². The monoisotopic (exact) mass is 365 g/mol. The zero-order valence-electron chi connectivity index (χ0n) is 17.6. The molecule has 0 heterocycles. The first-order valence-electron chi connectivity index (χ1n) is 11.3. The van der Waals surface area contributed by atoms with Gasteiger partial charge in [-0.3, -0.25) is 0 Å². The van der Waals surface area contributed by atoms with Crippen molar-refractivity contribution in [3.8, 4) is 0 Å². The van der Waals surface area contributed by atoms with Crippen molar-refractivity contribution < 1.29 is 0 Å². The minimum Gasteiger partial charge on any atom is -0.341 e. The van der Waals surface area contributed by atoms with E-state index in [0.29, 0.717) is 0 Å². The highest BCUT2D eigenvalue weighted by molar-refractivity contribution is 5.66. The predicted octanol–water partition coefficient (Wildman–Crippen LogP) is 8.31. The van der Waals surface area contributed by atoms with E-state index in [1.807, 2.05) is 0 Å². The summed E-state index contributed by atoms with van der Waals surface area (Å²) in [6, 6.07) is 20.0. The van der Waals surface area contributed by atoms with Gasteiger partial charge in [-0.15, -0.1) is 0 Å². The van der Waals surface area contributed by atoms with Gasteiger partial charge in [-0.1, -0.05) is 102 Å². The number of nitrogens with zero attached hydrogens (tertiary/aromatic N) is 1. The van der Waals surface area contributed by atoms with E-state index in [1.54, 1.807) is 0 Å². The van der Waals surface area contributed by atoms with Crippen molar-refractivity contribution in [1.82, 2.24) is 0 Å². The molecule has 27 heavy (non-hydrogen) atoms. The van der Waals surface area contributed by atoms with Crippen molar-refractivity contribution >= 4 is 11.4 Å². The average Bonchev–Trinajstić information content (AvgIpc) is 2.72. The Hall–Kier alpha value is -1.76. The zero-order chi connectivity index (χ0) is 19.2. The van der Waals surface area contributed by atoms with Gasteiger partial charge in [-0.2, -0.15) is 0 Å². The summed E-state index contributed by atoms with van der Waals surface area (Å²) in [5, 5.41) is 0. The predicted molar refractivity (Wildman–Crippen MR) is 121 cm³/mol. The Labute approximate surface area is 167 Å². The smallest absolute Gasteiger partial charge is 0.0443 e. The molecule has 0 amide bonds. The maximum atomic E-state index is 2.55. The van der Waals surface area contributed by atoms with Gasteiger partial charge < -0.3 is 4.90 Å². The van der Waals surface area contributed by atoms with Gasteiger partial charge in [0.15, 0.2) is 0 Å². The quantitative estimate of drug-likeness (QED) is 0.304. The minimum absolute atomic E-state index is 1.11. The van der Waals surface area contributed by atoms with Crippen molar-refractivity contribution in [3.63, 3.8) is 0 Å². The number of hydrogen-bond acceptors (Lipinski definition) is 1. The topological polar surface area (TPSA) is 3.24 Å². The lowest BCUT2D eigenvalue weighted by molar-refractivity contribution is 0.627. The highest BCUT2D eigenvalue weighted by Gasteiger charge is 2.12. The van der Waals surface area contributed by atoms with Crippen LogP contribution >= 0.6 is 0 Å². The second kappa shape index (κ2) is 13.4. The first kappa shape index (κ1) is 21.5. The van der Waals surface area contributed by atoms with E-state index in [1.165, 1.54) is 87.6 Å². The molecule has 2 rings (SSSR count). The largest absolute Gasteiger partial charge is 0.341 e. The van der Waals surface area contributed by atoms with E-state index in [9.17, 15) is 0 Å². The summed E-state index contributed by atoms with van der Waals surface area (Å²) in [6.07, 6.45) is 14.5. The molecule has 0 saturated carbocycles. The van der Waals surface area contributed by atoms with Crippen molar-refractivity contribution in [3.05, 3.63) is 60.2 Å². The van der Waals surface area contributed by atoms with Gasteiger partial charge in [0, 0.05) is 17.9 Å². The molecule has 0 aliphatic heterocycles. The summed E-state index contributed by atoms with van der Waals surface area (Å²) >= 11 is 0. The summed E-state index contributed by atoms with van der Waals surface area (Å²) in [4.78, 5) is 2.55. The van der Waals surface area contributed by atoms with Crippen LogP contribution in [-0.2, 0) is 6.42 Å². The third kappa shape index (κ3) is 7.79. The normalized spacial score (nSPS) is 10.9. The lowest BCUT2D eigenvalue weighted by Crippen LogP contribution is -2.20. The van der Waals surface area contributed by atoms with Crippen LogP contribution in [0.1, 0.15) is 83.6 Å². The molecule has 1 nitrogen and oxygen atoms in total. The van der Waals surface area contributed by atoms with Crippen molar-refractivity contribution in [1.29, 1.82) is 0 Å². The van der Waals surface area contributed by atoms with Crippen LogP contribution in [0.2, 0.25) is 0 Å². The number of benzene rings is 2. The van der Waals surface area contributed by atoms with E-state index < -0.39 is 0 Å². The molecule has 1 heteroatoms. The Morgan fingerprint density at radius 1 is 0.593 bits per heavy atom. The fourth-order valence-electron chi connectivity index (χ4n) is 3.77. The highest BCUT2D eigenvalue weighted by Crippen LogP contribution is 2.30. The Bertz CT molecular complexity index is 605. The fraction of sp³-hybridized carbons (Fsp3) is 0.538. The number of hydrogen-bond donors (Lipinski definition) is 0. The van der Waals surface area contributed by atoms with Crippen LogP contribution in [0.5, 0.6) is 0 Å². The maximum absolute atomic E-state index is 2.55. The third-order valence-electron chi connectivity index (χ3n) is 5.39. The first-order valence-corrected chi connectivity index (χ1v) is 11.3. The van der Waals surface area contributed by atoms with Crippen LogP contribution in [0.25, 0.3) is 0 Å². The lowest BCUT2D eigenvalue weighted by atomic mass is 10.0. The number of rotatable bonds is 14. The molecular formula is C26H39N. The molecule has 2 aromatic rings.